The third-order valence-electron chi connectivity index (χ3n) is 2.19. The van der Waals surface area contributed by atoms with E-state index < -0.39 is 5.97 Å². The number of benzene rings is 1. The number of aromatic nitrogens is 2. The number of hydrogen-bond acceptors (Lipinski definition) is 3. The molecule has 17 heavy (non-hydrogen) atoms. The number of ether oxygens (including phenoxy) is 1. The molecule has 0 saturated carbocycles. The molecule has 0 bridgehead atoms. The molecule has 1 heterocycles. The van der Waals surface area contributed by atoms with E-state index >= 15 is 0 Å². The Morgan fingerprint density at radius 1 is 1.53 bits per heavy atom. The maximum atomic E-state index is 11.4. The van der Waals surface area contributed by atoms with E-state index in [-0.39, 0.29) is 5.69 Å². The zero-order valence-corrected chi connectivity index (χ0v) is 11.2. The van der Waals surface area contributed by atoms with Crippen LogP contribution in [-0.4, -0.2) is 23.3 Å². The van der Waals surface area contributed by atoms with Gasteiger partial charge < -0.3 is 4.74 Å². The van der Waals surface area contributed by atoms with Crippen LogP contribution in [-0.2, 0) is 4.74 Å². The zero-order valence-electron chi connectivity index (χ0n) is 8.83. The monoisotopic (exact) mass is 314 g/mol. The van der Waals surface area contributed by atoms with Crippen molar-refractivity contribution in [2.45, 2.75) is 0 Å². The lowest BCUT2D eigenvalue weighted by atomic mass is 10.1. The second kappa shape index (κ2) is 4.89. The highest BCUT2D eigenvalue weighted by molar-refractivity contribution is 9.10. The van der Waals surface area contributed by atoms with Gasteiger partial charge >= 0.3 is 5.97 Å². The van der Waals surface area contributed by atoms with Crippen molar-refractivity contribution in [3.63, 3.8) is 0 Å². The van der Waals surface area contributed by atoms with Crippen LogP contribution in [0.3, 0.4) is 0 Å². The molecule has 0 saturated heterocycles. The third-order valence-corrected chi connectivity index (χ3v) is 3.20. The molecule has 88 valence electrons. The zero-order chi connectivity index (χ0) is 12.4. The molecular formula is C11H8BrClN2O2. The molecule has 1 aromatic carbocycles. The molecule has 1 N–H and O–H groups in total. The third kappa shape index (κ3) is 2.35. The molecule has 0 amide bonds. The summed E-state index contributed by atoms with van der Waals surface area (Å²) < 4.78 is 5.19. The average Bonchev–Trinajstić information content (AvgIpc) is 2.70. The molecule has 0 aliphatic heterocycles. The lowest BCUT2D eigenvalue weighted by Crippen LogP contribution is -2.02. The number of rotatable bonds is 2. The summed E-state index contributed by atoms with van der Waals surface area (Å²) in [5.41, 5.74) is 1.71. The molecule has 0 atom stereocenters. The van der Waals surface area contributed by atoms with Gasteiger partial charge in [0, 0.05) is 10.6 Å². The van der Waals surface area contributed by atoms with Gasteiger partial charge in [-0.25, -0.2) is 4.79 Å². The fourth-order valence-electron chi connectivity index (χ4n) is 1.39. The predicted molar refractivity (Wildman–Crippen MR) is 68.1 cm³/mol. The van der Waals surface area contributed by atoms with Crippen molar-refractivity contribution in [1.29, 1.82) is 0 Å². The summed E-state index contributed by atoms with van der Waals surface area (Å²) in [5.74, 6) is -0.474. The Labute approximate surface area is 111 Å². The van der Waals surface area contributed by atoms with Crippen molar-refractivity contribution in [1.82, 2.24) is 10.2 Å². The fourth-order valence-corrected chi connectivity index (χ4v) is 2.15. The summed E-state index contributed by atoms with van der Waals surface area (Å²) >= 11 is 9.22. The van der Waals surface area contributed by atoms with E-state index in [1.807, 2.05) is 12.1 Å². The molecule has 0 fully saturated rings. The van der Waals surface area contributed by atoms with Crippen LogP contribution in [0.5, 0.6) is 0 Å². The minimum atomic E-state index is -0.474. The molecule has 0 aliphatic carbocycles. The van der Waals surface area contributed by atoms with Crippen LogP contribution in [0.15, 0.2) is 28.7 Å². The summed E-state index contributed by atoms with van der Waals surface area (Å²) in [7, 11) is 1.31. The largest absolute Gasteiger partial charge is 0.464 e. The second-order valence-electron chi connectivity index (χ2n) is 3.26. The van der Waals surface area contributed by atoms with Crippen LogP contribution in [0.1, 0.15) is 10.5 Å². The molecule has 6 heteroatoms. The van der Waals surface area contributed by atoms with E-state index in [4.69, 9.17) is 11.6 Å². The van der Waals surface area contributed by atoms with Gasteiger partial charge in [-0.2, -0.15) is 5.10 Å². The number of nitrogens with zero attached hydrogens (tertiary/aromatic N) is 1. The van der Waals surface area contributed by atoms with Crippen LogP contribution in [0.2, 0.25) is 5.02 Å². The first-order valence-electron chi connectivity index (χ1n) is 4.71. The number of carbonyl (C=O) groups excluding carboxylic acids is 1. The van der Waals surface area contributed by atoms with E-state index in [0.717, 1.165) is 5.56 Å². The summed E-state index contributed by atoms with van der Waals surface area (Å²) in [5, 5.41) is 7.30. The summed E-state index contributed by atoms with van der Waals surface area (Å²) in [6, 6.07) is 7.21. The molecule has 2 rings (SSSR count). The van der Waals surface area contributed by atoms with Gasteiger partial charge in [-0.15, -0.1) is 0 Å². The highest BCUT2D eigenvalue weighted by atomic mass is 79.9. The predicted octanol–water partition coefficient (Wildman–Crippen LogP) is 3.28. The smallest absolute Gasteiger partial charge is 0.357 e. The summed E-state index contributed by atoms with van der Waals surface area (Å²) in [6.45, 7) is 0. The number of esters is 1. The first-order chi connectivity index (χ1) is 8.13. The number of halogens is 2. The summed E-state index contributed by atoms with van der Waals surface area (Å²) in [6.07, 6.45) is 0. The fraction of sp³-hybridized carbons (Fsp3) is 0.0909. The van der Waals surface area contributed by atoms with Crippen LogP contribution in [0.25, 0.3) is 11.3 Å². The maximum Gasteiger partial charge on any atom is 0.357 e. The molecular weight excluding hydrogens is 307 g/mol. The number of aromatic amines is 1. The second-order valence-corrected chi connectivity index (χ2v) is 4.49. The lowest BCUT2D eigenvalue weighted by Gasteiger charge is -1.99. The van der Waals surface area contributed by atoms with E-state index in [1.54, 1.807) is 12.1 Å². The van der Waals surface area contributed by atoms with Gasteiger partial charge in [0.25, 0.3) is 0 Å². The Balaban J connectivity index is 2.48. The van der Waals surface area contributed by atoms with Crippen LogP contribution < -0.4 is 0 Å². The first-order valence-corrected chi connectivity index (χ1v) is 5.88. The lowest BCUT2D eigenvalue weighted by molar-refractivity contribution is 0.0593. The minimum absolute atomic E-state index is 0.280. The van der Waals surface area contributed by atoms with Gasteiger partial charge in [0.1, 0.15) is 5.69 Å². The van der Waals surface area contributed by atoms with Crippen LogP contribution in [0.4, 0.5) is 0 Å². The Morgan fingerprint density at radius 3 is 2.94 bits per heavy atom. The van der Waals surface area contributed by atoms with Crippen molar-refractivity contribution < 1.29 is 9.53 Å². The molecule has 0 spiro atoms. The summed E-state index contributed by atoms with van der Waals surface area (Å²) in [4.78, 5) is 11.4. The molecule has 0 aliphatic rings. The van der Waals surface area contributed by atoms with Crippen molar-refractivity contribution in [3.8, 4) is 11.3 Å². The molecule has 0 radical (unpaired) electrons. The van der Waals surface area contributed by atoms with Crippen LogP contribution in [0, 0.1) is 0 Å². The normalized spacial score (nSPS) is 10.3. The Kier molecular flexibility index (Phi) is 3.49. The molecule has 4 nitrogen and oxygen atoms in total. The van der Waals surface area contributed by atoms with E-state index in [9.17, 15) is 4.79 Å². The quantitative estimate of drug-likeness (QED) is 0.865. The topological polar surface area (TPSA) is 55.0 Å². The van der Waals surface area contributed by atoms with E-state index in [2.05, 4.69) is 30.9 Å². The van der Waals surface area contributed by atoms with Gasteiger partial charge in [0.05, 0.1) is 11.6 Å². The van der Waals surface area contributed by atoms with E-state index in [0.29, 0.717) is 15.2 Å². The van der Waals surface area contributed by atoms with Gasteiger partial charge in [0.15, 0.2) is 5.69 Å². The van der Waals surface area contributed by atoms with Gasteiger partial charge in [0.2, 0.25) is 0 Å². The van der Waals surface area contributed by atoms with Gasteiger partial charge in [-0.3, -0.25) is 5.10 Å². The highest BCUT2D eigenvalue weighted by Crippen LogP contribution is 2.30. The van der Waals surface area contributed by atoms with E-state index in [1.165, 1.54) is 7.11 Å². The number of hydrogen-bond donors (Lipinski definition) is 1. The first kappa shape index (κ1) is 12.1. The molecule has 0 unspecified atom stereocenters. The SMILES string of the molecule is COC(=O)c1[nH]nc(-c2cccc(Cl)c2)c1Br. The Bertz CT molecular complexity index is 568. The maximum absolute atomic E-state index is 11.4. The molecule has 2 aromatic rings. The van der Waals surface area contributed by atoms with Crippen molar-refractivity contribution in [2.24, 2.45) is 0 Å². The number of carbonyl (C=O) groups is 1. The number of methoxy groups -OCH3 is 1. The minimum Gasteiger partial charge on any atom is -0.464 e. The van der Waals surface area contributed by atoms with Gasteiger partial charge in [-0.05, 0) is 28.1 Å². The Morgan fingerprint density at radius 2 is 2.29 bits per heavy atom. The highest BCUT2D eigenvalue weighted by Gasteiger charge is 2.18. The van der Waals surface area contributed by atoms with Crippen molar-refractivity contribution >= 4 is 33.5 Å². The number of H-pyrrole nitrogens is 1. The van der Waals surface area contributed by atoms with Crippen molar-refractivity contribution in [2.75, 3.05) is 7.11 Å². The molecule has 1 aromatic heterocycles. The average molecular weight is 316 g/mol. The standard InChI is InChI=1S/C11H8BrClN2O2/c1-17-11(16)10-8(12)9(14-15-10)6-3-2-4-7(13)5-6/h2-5H,1H3,(H,14,15). The van der Waals surface area contributed by atoms with Crippen LogP contribution >= 0.6 is 27.5 Å². The number of nitrogens with one attached hydrogen (secondary N) is 1. The Hall–Kier alpha value is -1.33. The van der Waals surface area contributed by atoms with Crippen molar-refractivity contribution in [3.05, 3.63) is 39.5 Å². The van der Waals surface area contributed by atoms with Gasteiger partial charge in [-0.1, -0.05) is 23.7 Å².